The molecule has 0 bridgehead atoms. The summed E-state index contributed by atoms with van der Waals surface area (Å²) in [5.41, 5.74) is 6.31. The van der Waals surface area contributed by atoms with Gasteiger partial charge in [0.15, 0.2) is 0 Å². The van der Waals surface area contributed by atoms with E-state index in [0.717, 1.165) is 11.3 Å². The third-order valence-electron chi connectivity index (χ3n) is 3.46. The molecule has 0 spiro atoms. The van der Waals surface area contributed by atoms with Gasteiger partial charge in [-0.05, 0) is 39.0 Å². The predicted octanol–water partition coefficient (Wildman–Crippen LogP) is 5.97. The number of aryl methyl sites for hydroxylation is 1. The number of benzene rings is 2. The Balaban J connectivity index is 1.95. The molecule has 3 rings (SSSR count). The van der Waals surface area contributed by atoms with Gasteiger partial charge in [-0.25, -0.2) is 4.98 Å². The van der Waals surface area contributed by atoms with Crippen LogP contribution in [0.2, 0.25) is 10.0 Å². The van der Waals surface area contributed by atoms with Crippen LogP contribution in [0.1, 0.15) is 29.8 Å². The molecule has 2 N–H and O–H groups in total. The van der Waals surface area contributed by atoms with Gasteiger partial charge in [0.1, 0.15) is 5.52 Å². The summed E-state index contributed by atoms with van der Waals surface area (Å²) in [6.45, 7) is 5.68. The first-order chi connectivity index (χ1) is 12.3. The lowest BCUT2D eigenvalue weighted by Gasteiger charge is -2.09. The molecule has 1 aromatic heterocycles. The number of carbonyl (C=O) groups excluding carboxylic acids is 1. The van der Waals surface area contributed by atoms with E-state index in [-0.39, 0.29) is 5.91 Å². The second-order valence-electron chi connectivity index (χ2n) is 5.91. The number of thiazole rings is 1. The van der Waals surface area contributed by atoms with Crippen molar-refractivity contribution in [1.29, 1.82) is 0 Å². The predicted molar refractivity (Wildman–Crippen MR) is 111 cm³/mol. The third-order valence-corrected chi connectivity index (χ3v) is 5.23. The van der Waals surface area contributed by atoms with Crippen molar-refractivity contribution >= 4 is 67.2 Å². The van der Waals surface area contributed by atoms with Crippen LogP contribution in [0, 0.1) is 6.92 Å². The zero-order valence-corrected chi connectivity index (χ0v) is 16.7. The minimum absolute atomic E-state index is 0.250. The Bertz CT molecular complexity index is 1030. The summed E-state index contributed by atoms with van der Waals surface area (Å²) in [7, 11) is 0. The van der Waals surface area contributed by atoms with E-state index in [4.69, 9.17) is 23.2 Å². The summed E-state index contributed by atoms with van der Waals surface area (Å²) >= 11 is 14.1. The molecule has 0 fully saturated rings. The number of hydrazone groups is 1. The van der Waals surface area contributed by atoms with Crippen molar-refractivity contribution in [3.05, 3.63) is 51.5 Å². The van der Waals surface area contributed by atoms with E-state index in [1.165, 1.54) is 11.3 Å². The van der Waals surface area contributed by atoms with E-state index >= 15 is 0 Å². The van der Waals surface area contributed by atoms with Crippen LogP contribution >= 0.6 is 34.5 Å². The van der Waals surface area contributed by atoms with Gasteiger partial charge >= 0.3 is 0 Å². The highest BCUT2D eigenvalue weighted by Gasteiger charge is 2.17. The summed E-state index contributed by atoms with van der Waals surface area (Å²) in [4.78, 5) is 16.9. The number of hydrogen-bond donors (Lipinski definition) is 2. The van der Waals surface area contributed by atoms with Crippen molar-refractivity contribution in [2.75, 3.05) is 10.7 Å². The lowest BCUT2D eigenvalue weighted by atomic mass is 10.1. The van der Waals surface area contributed by atoms with Crippen molar-refractivity contribution in [2.24, 2.45) is 5.10 Å². The van der Waals surface area contributed by atoms with Gasteiger partial charge in [0.05, 0.1) is 20.4 Å². The van der Waals surface area contributed by atoms with Crippen LogP contribution in [0.5, 0.6) is 0 Å². The van der Waals surface area contributed by atoms with Crippen LogP contribution in [-0.4, -0.2) is 16.6 Å². The van der Waals surface area contributed by atoms with Crippen molar-refractivity contribution in [3.8, 4) is 0 Å². The third kappa shape index (κ3) is 3.98. The molecule has 0 aliphatic rings. The molecular formula is C18H16Cl2N4OS. The molecule has 0 aliphatic heterocycles. The largest absolute Gasteiger partial charge is 0.321 e. The SMILES string of the molecule is CC(C)=NNc1nc2c(Cl)cc(NC(=O)c3cccc(C)c3)c(Cl)c2s1. The molecule has 0 aliphatic carbocycles. The Labute approximate surface area is 165 Å². The number of nitrogens with zero attached hydrogens (tertiary/aromatic N) is 2. The number of rotatable bonds is 4. The van der Waals surface area contributed by atoms with Gasteiger partial charge in [0.2, 0.25) is 5.13 Å². The van der Waals surface area contributed by atoms with Crippen LogP contribution in [0.4, 0.5) is 10.8 Å². The Hall–Kier alpha value is -2.15. The highest BCUT2D eigenvalue weighted by molar-refractivity contribution is 7.23. The minimum atomic E-state index is -0.250. The van der Waals surface area contributed by atoms with Crippen LogP contribution < -0.4 is 10.7 Å². The number of nitrogens with one attached hydrogen (secondary N) is 2. The van der Waals surface area contributed by atoms with E-state index < -0.39 is 0 Å². The quantitative estimate of drug-likeness (QED) is 0.414. The molecule has 8 heteroatoms. The van der Waals surface area contributed by atoms with Crippen LogP contribution in [0.15, 0.2) is 35.4 Å². The first kappa shape index (κ1) is 18.6. The second-order valence-corrected chi connectivity index (χ2v) is 7.70. The maximum absolute atomic E-state index is 12.5. The Morgan fingerprint density at radius 3 is 2.69 bits per heavy atom. The monoisotopic (exact) mass is 406 g/mol. The first-order valence-electron chi connectivity index (χ1n) is 7.78. The first-order valence-corrected chi connectivity index (χ1v) is 9.36. The fraction of sp³-hybridized carbons (Fsp3) is 0.167. The Morgan fingerprint density at radius 2 is 2.00 bits per heavy atom. The summed E-state index contributed by atoms with van der Waals surface area (Å²) in [6, 6.07) is 8.93. The Kier molecular flexibility index (Phi) is 5.46. The molecule has 134 valence electrons. The standard InChI is InChI=1S/C18H16Cl2N4OS/c1-9(2)23-24-18-22-15-12(19)8-13(14(20)16(15)26-18)21-17(25)11-6-4-5-10(3)7-11/h4-8H,1-3H3,(H,21,25)(H,22,24). The van der Waals surface area contributed by atoms with Gasteiger partial charge in [-0.2, -0.15) is 5.10 Å². The zero-order valence-electron chi connectivity index (χ0n) is 14.4. The highest BCUT2D eigenvalue weighted by Crippen LogP contribution is 2.41. The number of halogens is 2. The van der Waals surface area contributed by atoms with Gasteiger partial charge in [-0.15, -0.1) is 0 Å². The van der Waals surface area contributed by atoms with E-state index in [0.29, 0.717) is 36.6 Å². The van der Waals surface area contributed by atoms with E-state index in [1.807, 2.05) is 39.0 Å². The number of amides is 1. The molecule has 3 aromatic rings. The zero-order chi connectivity index (χ0) is 18.8. The van der Waals surface area contributed by atoms with Gasteiger partial charge < -0.3 is 5.32 Å². The maximum atomic E-state index is 12.5. The van der Waals surface area contributed by atoms with E-state index in [2.05, 4.69) is 20.8 Å². The van der Waals surface area contributed by atoms with Crippen molar-refractivity contribution in [3.63, 3.8) is 0 Å². The average Bonchev–Trinajstić information content (AvgIpc) is 3.03. The summed E-state index contributed by atoms with van der Waals surface area (Å²) in [5, 5.41) is 8.33. The molecule has 0 atom stereocenters. The van der Waals surface area contributed by atoms with Crippen LogP contribution in [0.25, 0.3) is 10.2 Å². The van der Waals surface area contributed by atoms with Crippen LogP contribution in [-0.2, 0) is 0 Å². The fourth-order valence-corrected chi connectivity index (χ4v) is 3.77. The van der Waals surface area contributed by atoms with Crippen molar-refractivity contribution in [1.82, 2.24) is 4.98 Å². The molecule has 0 unspecified atom stereocenters. The summed E-state index contributed by atoms with van der Waals surface area (Å²) < 4.78 is 0.685. The number of fused-ring (bicyclic) bond motifs is 1. The summed E-state index contributed by atoms with van der Waals surface area (Å²) in [6.07, 6.45) is 0. The minimum Gasteiger partial charge on any atom is -0.321 e. The van der Waals surface area contributed by atoms with Gasteiger partial charge in [-0.1, -0.05) is 52.2 Å². The number of hydrogen-bond acceptors (Lipinski definition) is 5. The van der Waals surface area contributed by atoms with Gasteiger partial charge in [-0.3, -0.25) is 10.2 Å². The van der Waals surface area contributed by atoms with E-state index in [9.17, 15) is 4.79 Å². The second kappa shape index (κ2) is 7.61. The molecule has 2 aromatic carbocycles. The Morgan fingerprint density at radius 1 is 1.23 bits per heavy atom. The molecule has 5 nitrogen and oxygen atoms in total. The van der Waals surface area contributed by atoms with Crippen molar-refractivity contribution < 1.29 is 4.79 Å². The topological polar surface area (TPSA) is 66.4 Å². The molecule has 26 heavy (non-hydrogen) atoms. The maximum Gasteiger partial charge on any atom is 0.255 e. The number of carbonyl (C=O) groups is 1. The van der Waals surface area contributed by atoms with E-state index in [1.54, 1.807) is 12.1 Å². The normalized spacial score (nSPS) is 10.7. The smallest absolute Gasteiger partial charge is 0.255 e. The average molecular weight is 407 g/mol. The summed E-state index contributed by atoms with van der Waals surface area (Å²) in [5.74, 6) is -0.250. The lowest BCUT2D eigenvalue weighted by Crippen LogP contribution is -2.12. The number of anilines is 2. The highest BCUT2D eigenvalue weighted by atomic mass is 35.5. The fourth-order valence-electron chi connectivity index (χ4n) is 2.29. The van der Waals surface area contributed by atoms with Crippen molar-refractivity contribution in [2.45, 2.75) is 20.8 Å². The molecular weight excluding hydrogens is 391 g/mol. The molecule has 1 heterocycles. The molecule has 0 saturated heterocycles. The molecule has 0 saturated carbocycles. The number of aromatic nitrogens is 1. The molecule has 0 radical (unpaired) electrons. The lowest BCUT2D eigenvalue weighted by molar-refractivity contribution is 0.102. The van der Waals surface area contributed by atoms with Gasteiger partial charge in [0.25, 0.3) is 5.91 Å². The van der Waals surface area contributed by atoms with Crippen LogP contribution in [0.3, 0.4) is 0 Å². The van der Waals surface area contributed by atoms with Gasteiger partial charge in [0, 0.05) is 11.3 Å². The molecule has 1 amide bonds.